The molecule has 0 radical (unpaired) electrons. The van der Waals surface area contributed by atoms with Crippen molar-refractivity contribution >= 4 is 11.9 Å². The van der Waals surface area contributed by atoms with E-state index in [1.165, 1.54) is 26.7 Å². The average molecular weight is 1460 g/mol. The quantitative estimate of drug-likeness (QED) is 0.0344. The lowest BCUT2D eigenvalue weighted by Crippen LogP contribution is -2.67. The Morgan fingerprint density at radius 3 is 1.48 bits per heavy atom. The first-order chi connectivity index (χ1) is 47.7. The van der Waals surface area contributed by atoms with Gasteiger partial charge in [-0.05, 0) is 86.9 Å². The molecule has 7 aliphatic heterocycles. The third-order valence-electron chi connectivity index (χ3n) is 24.8. The van der Waals surface area contributed by atoms with Gasteiger partial charge in [0, 0.05) is 38.9 Å². The van der Waals surface area contributed by atoms with E-state index >= 15 is 0 Å². The van der Waals surface area contributed by atoms with Crippen molar-refractivity contribution in [3.05, 3.63) is 11.6 Å². The number of esters is 2. The minimum absolute atomic E-state index is 0.0273. The average Bonchev–Trinajstić information content (AvgIpc) is 1.53. The molecule has 101 heavy (non-hydrogen) atoms. The Hall–Kier alpha value is -2.48. The lowest BCUT2D eigenvalue weighted by atomic mass is 9.41. The van der Waals surface area contributed by atoms with Gasteiger partial charge < -0.3 is 152 Å². The second-order valence-corrected chi connectivity index (χ2v) is 31.4. The summed E-state index contributed by atoms with van der Waals surface area (Å²) in [5.74, 6) is -0.393. The smallest absolute Gasteiger partial charge is 0.313 e. The van der Waals surface area contributed by atoms with E-state index in [0.717, 1.165) is 19.3 Å². The Balaban J connectivity index is 0.827. The van der Waals surface area contributed by atoms with Gasteiger partial charge in [-0.15, -0.1) is 0 Å². The van der Waals surface area contributed by atoms with Crippen LogP contribution in [-0.4, -0.2) is 332 Å². The van der Waals surface area contributed by atoms with Crippen LogP contribution in [0.3, 0.4) is 0 Å². The monoisotopic (exact) mass is 1450 g/mol. The van der Waals surface area contributed by atoms with Crippen LogP contribution in [0.2, 0.25) is 0 Å². The third-order valence-corrected chi connectivity index (χ3v) is 24.8. The van der Waals surface area contributed by atoms with Crippen LogP contribution in [-0.2, 0) is 85.4 Å². The number of carbonyl (C=O) groups is 2. The second kappa shape index (κ2) is 31.2. The van der Waals surface area contributed by atoms with Crippen LogP contribution in [0.25, 0.3) is 0 Å². The number of cyclic esters (lactones) is 1. The molecule has 0 amide bonds. The van der Waals surface area contributed by atoms with Gasteiger partial charge in [0.25, 0.3) is 0 Å². The Bertz CT molecular complexity index is 2820. The van der Waals surface area contributed by atoms with Crippen LogP contribution in [0.15, 0.2) is 11.6 Å². The van der Waals surface area contributed by atoms with E-state index in [9.17, 15) is 86.2 Å². The maximum atomic E-state index is 14.8. The highest BCUT2D eigenvalue weighted by Crippen LogP contribution is 2.76. The predicted octanol–water partition coefficient (Wildman–Crippen LogP) is -3.85. The van der Waals surface area contributed by atoms with E-state index in [1.807, 2.05) is 6.92 Å². The molecule has 7 saturated heterocycles. The maximum Gasteiger partial charge on any atom is 0.313 e. The lowest BCUT2D eigenvalue weighted by molar-refractivity contribution is -0.392. The molecule has 7 heterocycles. The molecule has 0 aromatic carbocycles. The summed E-state index contributed by atoms with van der Waals surface area (Å²) < 4.78 is 95.7. The first kappa shape index (κ1) is 79.6. The molecular formula is C68H110O33. The van der Waals surface area contributed by atoms with Gasteiger partial charge in [0.15, 0.2) is 37.7 Å². The highest BCUT2D eigenvalue weighted by Gasteiger charge is 2.77. The fourth-order valence-corrected chi connectivity index (χ4v) is 19.5. The van der Waals surface area contributed by atoms with Crippen LogP contribution in [0.5, 0.6) is 0 Å². The molecule has 3 saturated carbocycles. The first-order valence-electron chi connectivity index (χ1n) is 35.6. The number of aliphatic hydroxyl groups is 15. The Kier molecular flexibility index (Phi) is 24.6. The molecule has 4 aliphatic carbocycles. The highest BCUT2D eigenvalue weighted by molar-refractivity contribution is 5.83. The van der Waals surface area contributed by atoms with Crippen LogP contribution >= 0.6 is 0 Å². The highest BCUT2D eigenvalue weighted by atomic mass is 16.8. The van der Waals surface area contributed by atoms with E-state index in [0.29, 0.717) is 38.5 Å². The molecule has 10 fully saturated rings. The molecule has 0 unspecified atom stereocenters. The standard InChI is InChI=1S/C68H110O33/c1-27(2)19-29(90-28(3)73)20-67(8)39-14-17-66(7)31-11-12-38-64(4,5)40(15-16-65(38,6)30(31)13-18-68(39,66)63(85)101-67)97-62-56(46(79)37(26-89-62)96-59-51(84)55(45(78)35(24-72)92-59)99-61-49(82)53(87-10)43(76)33(22-70)94-61)100-57-47(80)41(74)36(25-88-57)95-58-50(83)54(44(77)34(23-71)91-58)98-60-48(81)52(86-9)42(75)32(21-69)93-60/h11,27,29-30,32-62,69-72,74-84H,12-26H2,1-10H3/t29-,30+,32+,33+,34+,35+,36+,37+,38-,39+,40-,41-,42+,43+,44+,45+,46-,47+,48+,49+,50+,51+,52-,53-,54-,55-,56+,57-,58-,59-,60-,61-,62-,65+,66-,67-,68-/m0/s1. The minimum atomic E-state index is -2.06. The number of aliphatic hydroxyl groups excluding tert-OH is 15. The zero-order valence-corrected chi connectivity index (χ0v) is 58.9. The SMILES string of the molecule is CO[C@@H]1[C@@H](O)[C@H](O[C@@H]2[C@@H](O)[C@H](O[C@@H]3CO[C@@H](O[C@H]4[C@H](O[C@H]5CC[C@]6(C)[C@@H]7CC[C@@]89C(=O)O[C@@](C)(C[C@H](CC(C)C)OC(C)=O)[C@H]8CC[C@@]9(C)C7=CC[C@H]6C5(C)C)OC[C@@H](O[C@@H]5O[C@H](CO)[C@@H](O)[C@H](O[C@@H]6O[C@H](CO)[C@@H](O)[C@H](OC)[C@H]6O)[C@H]5O)[C@@H]4O)[C@H](O)[C@H]3O)O[C@H](CO)[C@H]2O)O[C@H](CO)[C@H]1O. The van der Waals surface area contributed by atoms with E-state index < -0.39 is 246 Å². The van der Waals surface area contributed by atoms with Gasteiger partial charge in [-0.2, -0.15) is 0 Å². The van der Waals surface area contributed by atoms with Gasteiger partial charge in [-0.3, -0.25) is 9.59 Å². The number of methoxy groups -OCH3 is 2. The van der Waals surface area contributed by atoms with Crippen molar-refractivity contribution in [2.75, 3.05) is 53.9 Å². The number of fused-ring (bicyclic) bond motifs is 4. The summed E-state index contributed by atoms with van der Waals surface area (Å²) in [7, 11) is 2.36. The van der Waals surface area contributed by atoms with Crippen LogP contribution < -0.4 is 0 Å². The van der Waals surface area contributed by atoms with Crippen LogP contribution in [0.4, 0.5) is 0 Å². The van der Waals surface area contributed by atoms with Crippen molar-refractivity contribution in [1.82, 2.24) is 0 Å². The van der Waals surface area contributed by atoms with E-state index in [4.69, 9.17) is 75.8 Å². The van der Waals surface area contributed by atoms with Gasteiger partial charge in [0.2, 0.25) is 0 Å². The summed E-state index contributed by atoms with van der Waals surface area (Å²) in [6, 6.07) is 0. The zero-order valence-electron chi connectivity index (χ0n) is 58.9. The van der Waals surface area contributed by atoms with Crippen molar-refractivity contribution in [2.24, 2.45) is 45.3 Å². The van der Waals surface area contributed by atoms with Crippen molar-refractivity contribution in [3.63, 3.8) is 0 Å². The number of ether oxygens (including phenoxy) is 16. The largest absolute Gasteiger partial charge is 0.462 e. The summed E-state index contributed by atoms with van der Waals surface area (Å²) >= 11 is 0. The minimum Gasteiger partial charge on any atom is -0.462 e. The second-order valence-electron chi connectivity index (χ2n) is 31.4. The van der Waals surface area contributed by atoms with Crippen LogP contribution in [0.1, 0.15) is 113 Å². The summed E-state index contributed by atoms with van der Waals surface area (Å²) in [4.78, 5) is 27.1. The molecule has 37 atom stereocenters. The van der Waals surface area contributed by atoms with Gasteiger partial charge in [0.1, 0.15) is 146 Å². The van der Waals surface area contributed by atoms with E-state index in [1.54, 1.807) is 0 Å². The summed E-state index contributed by atoms with van der Waals surface area (Å²) in [6.07, 6.45) is -40.7. The predicted molar refractivity (Wildman–Crippen MR) is 337 cm³/mol. The number of hydrogen-bond donors (Lipinski definition) is 15. The lowest BCUT2D eigenvalue weighted by Gasteiger charge is -2.64. The molecule has 0 aromatic heterocycles. The summed E-state index contributed by atoms with van der Waals surface area (Å²) in [6.45, 7) is 11.9. The number of allylic oxidation sites excluding steroid dienone is 2. The molecule has 33 heteroatoms. The van der Waals surface area contributed by atoms with Gasteiger partial charge in [-0.1, -0.05) is 53.2 Å². The summed E-state index contributed by atoms with van der Waals surface area (Å²) in [5, 5.41) is 167. The van der Waals surface area contributed by atoms with E-state index in [-0.39, 0.29) is 41.0 Å². The molecule has 0 aromatic rings. The van der Waals surface area contributed by atoms with Crippen molar-refractivity contribution in [1.29, 1.82) is 0 Å². The third kappa shape index (κ3) is 14.3. The Labute approximate surface area is 585 Å². The zero-order chi connectivity index (χ0) is 73.5. The number of carbonyl (C=O) groups excluding carboxylic acids is 2. The van der Waals surface area contributed by atoms with Gasteiger partial charge in [0.05, 0.1) is 51.2 Å². The molecule has 0 bridgehead atoms. The van der Waals surface area contributed by atoms with Crippen molar-refractivity contribution in [3.8, 4) is 0 Å². The number of rotatable bonds is 23. The molecule has 11 aliphatic rings. The topological polar surface area (TPSA) is 485 Å². The number of hydrogen-bond acceptors (Lipinski definition) is 33. The fraction of sp³-hybridized carbons (Fsp3) is 0.941. The van der Waals surface area contributed by atoms with Crippen molar-refractivity contribution < 1.29 is 162 Å². The first-order valence-corrected chi connectivity index (χ1v) is 35.6. The molecule has 11 rings (SSSR count). The molecular weight excluding hydrogens is 1340 g/mol. The molecule has 1 spiro atoms. The van der Waals surface area contributed by atoms with Gasteiger partial charge >= 0.3 is 11.9 Å². The summed E-state index contributed by atoms with van der Waals surface area (Å²) in [5.41, 5.74) is -1.86. The Morgan fingerprint density at radius 1 is 0.525 bits per heavy atom. The fourth-order valence-electron chi connectivity index (χ4n) is 19.5. The van der Waals surface area contributed by atoms with E-state index in [2.05, 4.69) is 47.6 Å². The molecule has 33 nitrogen and oxygen atoms in total. The molecule has 580 valence electrons. The van der Waals surface area contributed by atoms with Gasteiger partial charge in [-0.25, -0.2) is 0 Å². The molecule has 15 N–H and O–H groups in total. The van der Waals surface area contributed by atoms with Crippen LogP contribution in [0, 0.1) is 45.3 Å². The van der Waals surface area contributed by atoms with Crippen molar-refractivity contribution in [2.45, 2.75) is 303 Å². The maximum absolute atomic E-state index is 14.8. The Morgan fingerprint density at radius 2 is 0.990 bits per heavy atom. The normalized spacial score (nSPS) is 50.9.